The van der Waals surface area contributed by atoms with Gasteiger partial charge in [0.1, 0.15) is 5.82 Å². The first kappa shape index (κ1) is 20.8. The molecule has 3 aromatic rings. The van der Waals surface area contributed by atoms with Crippen molar-refractivity contribution in [3.63, 3.8) is 0 Å². The molecule has 4 rings (SSSR count). The first-order chi connectivity index (χ1) is 15.0. The first-order valence-electron chi connectivity index (χ1n) is 10.2. The molecule has 0 aliphatic carbocycles. The van der Waals surface area contributed by atoms with Gasteiger partial charge in [-0.15, -0.1) is 0 Å². The summed E-state index contributed by atoms with van der Waals surface area (Å²) in [5.74, 6) is 2.12. The summed E-state index contributed by atoms with van der Waals surface area (Å²) in [5.41, 5.74) is 2.15. The van der Waals surface area contributed by atoms with Crippen LogP contribution in [0.5, 0.6) is 17.2 Å². The lowest BCUT2D eigenvalue weighted by Gasteiger charge is -2.33. The fourth-order valence-corrected chi connectivity index (χ4v) is 4.18. The van der Waals surface area contributed by atoms with Crippen LogP contribution in [-0.4, -0.2) is 60.2 Å². The van der Waals surface area contributed by atoms with Crippen molar-refractivity contribution in [2.45, 2.75) is 25.7 Å². The molecular weight excluding hydrogens is 396 g/mol. The third kappa shape index (κ3) is 3.97. The van der Waals surface area contributed by atoms with Gasteiger partial charge >= 0.3 is 0 Å². The molecule has 2 aromatic heterocycles. The maximum Gasteiger partial charge on any atom is 0.254 e. The second-order valence-corrected chi connectivity index (χ2v) is 7.53. The Bertz CT molecular complexity index is 1090. The van der Waals surface area contributed by atoms with Gasteiger partial charge in [-0.25, -0.2) is 15.0 Å². The summed E-state index contributed by atoms with van der Waals surface area (Å²) in [6, 6.07) is 7.28. The molecule has 162 valence electrons. The highest BCUT2D eigenvalue weighted by atomic mass is 16.5. The number of methoxy groups -OCH3 is 3. The number of piperidine rings is 1. The number of aryl methyl sites for hydroxylation is 1. The second-order valence-electron chi connectivity index (χ2n) is 7.53. The number of likely N-dealkylation sites (tertiary alicyclic amines) is 1. The van der Waals surface area contributed by atoms with Crippen LogP contribution in [-0.2, 0) is 0 Å². The molecule has 8 heteroatoms. The third-order valence-electron chi connectivity index (χ3n) is 5.62. The van der Waals surface area contributed by atoms with Gasteiger partial charge in [0, 0.05) is 36.2 Å². The van der Waals surface area contributed by atoms with Gasteiger partial charge in [-0.05, 0) is 44.0 Å². The van der Waals surface area contributed by atoms with Crippen LogP contribution in [0.1, 0.15) is 40.6 Å². The molecule has 31 heavy (non-hydrogen) atoms. The summed E-state index contributed by atoms with van der Waals surface area (Å²) in [7, 11) is 4.62. The zero-order valence-corrected chi connectivity index (χ0v) is 18.2. The predicted molar refractivity (Wildman–Crippen MR) is 116 cm³/mol. The molecule has 1 aliphatic heterocycles. The average Bonchev–Trinajstić information content (AvgIpc) is 2.82. The van der Waals surface area contributed by atoms with Crippen molar-refractivity contribution in [3.8, 4) is 17.2 Å². The van der Waals surface area contributed by atoms with E-state index in [0.717, 1.165) is 23.9 Å². The van der Waals surface area contributed by atoms with Crippen molar-refractivity contribution in [3.05, 3.63) is 47.5 Å². The number of rotatable bonds is 5. The predicted octanol–water partition coefficient (Wildman–Crippen LogP) is 3.38. The van der Waals surface area contributed by atoms with Gasteiger partial charge in [0.25, 0.3) is 5.91 Å². The maximum atomic E-state index is 13.4. The van der Waals surface area contributed by atoms with Crippen LogP contribution in [0.2, 0.25) is 0 Å². The quantitative estimate of drug-likeness (QED) is 0.623. The van der Waals surface area contributed by atoms with E-state index in [1.807, 2.05) is 24.0 Å². The van der Waals surface area contributed by atoms with Gasteiger partial charge in [0.2, 0.25) is 5.75 Å². The first-order valence-corrected chi connectivity index (χ1v) is 10.2. The van der Waals surface area contributed by atoms with Gasteiger partial charge in [-0.2, -0.15) is 0 Å². The Morgan fingerprint density at radius 2 is 1.84 bits per heavy atom. The summed E-state index contributed by atoms with van der Waals surface area (Å²) < 4.78 is 16.2. The monoisotopic (exact) mass is 422 g/mol. The van der Waals surface area contributed by atoms with Gasteiger partial charge in [0.05, 0.1) is 27.0 Å². The molecule has 1 atom stereocenters. The van der Waals surface area contributed by atoms with E-state index >= 15 is 0 Å². The smallest absolute Gasteiger partial charge is 0.254 e. The summed E-state index contributed by atoms with van der Waals surface area (Å²) in [6.45, 7) is 3.14. The Morgan fingerprint density at radius 3 is 2.52 bits per heavy atom. The van der Waals surface area contributed by atoms with Crippen LogP contribution in [0.3, 0.4) is 0 Å². The lowest BCUT2D eigenvalue weighted by atomic mass is 9.92. The van der Waals surface area contributed by atoms with Crippen LogP contribution in [0.4, 0.5) is 0 Å². The lowest BCUT2D eigenvalue weighted by Crippen LogP contribution is -2.39. The minimum absolute atomic E-state index is 0.0721. The molecule has 0 saturated carbocycles. The van der Waals surface area contributed by atoms with Gasteiger partial charge < -0.3 is 19.1 Å². The zero-order valence-electron chi connectivity index (χ0n) is 18.2. The van der Waals surface area contributed by atoms with Crippen LogP contribution >= 0.6 is 0 Å². The maximum absolute atomic E-state index is 13.4. The SMILES string of the molecule is COc1cc(C(=O)N2CCCC(c3nc(C)nc4ncccc34)C2)cc(OC)c1OC. The Hall–Kier alpha value is -3.42. The number of ether oxygens (including phenoxy) is 3. The lowest BCUT2D eigenvalue weighted by molar-refractivity contribution is 0.0705. The van der Waals surface area contributed by atoms with E-state index in [1.165, 1.54) is 0 Å². The normalized spacial score (nSPS) is 16.3. The molecule has 1 aromatic carbocycles. The van der Waals surface area contributed by atoms with E-state index in [1.54, 1.807) is 39.7 Å². The highest BCUT2D eigenvalue weighted by Gasteiger charge is 2.29. The van der Waals surface area contributed by atoms with E-state index < -0.39 is 0 Å². The molecule has 1 fully saturated rings. The number of nitrogens with zero attached hydrogens (tertiary/aromatic N) is 4. The second kappa shape index (κ2) is 8.75. The van der Waals surface area contributed by atoms with Crippen LogP contribution < -0.4 is 14.2 Å². The number of pyridine rings is 1. The Balaban J connectivity index is 1.65. The molecule has 0 spiro atoms. The van der Waals surface area contributed by atoms with Gasteiger partial charge in [-0.3, -0.25) is 4.79 Å². The average molecular weight is 422 g/mol. The van der Waals surface area contributed by atoms with E-state index in [4.69, 9.17) is 19.2 Å². The molecular formula is C23H26N4O4. The van der Waals surface area contributed by atoms with Crippen molar-refractivity contribution in [1.29, 1.82) is 0 Å². The molecule has 1 saturated heterocycles. The topological polar surface area (TPSA) is 86.7 Å². The standard InChI is InChI=1S/C23H26N4O4/c1-14-25-20(17-8-5-9-24-22(17)26-14)15-7-6-10-27(13-15)23(28)16-11-18(29-2)21(31-4)19(12-16)30-3/h5,8-9,11-12,15H,6-7,10,13H2,1-4H3. The molecule has 1 amide bonds. The largest absolute Gasteiger partial charge is 0.493 e. The molecule has 0 bridgehead atoms. The summed E-state index contributed by atoms with van der Waals surface area (Å²) in [6.07, 6.45) is 3.59. The van der Waals surface area contributed by atoms with Gasteiger partial charge in [0.15, 0.2) is 17.1 Å². The molecule has 1 aliphatic rings. The fraction of sp³-hybridized carbons (Fsp3) is 0.391. The number of amides is 1. The highest BCUT2D eigenvalue weighted by Crippen LogP contribution is 2.39. The Labute approximate surface area is 181 Å². The van der Waals surface area contributed by atoms with Crippen LogP contribution in [0.25, 0.3) is 11.0 Å². The summed E-state index contributed by atoms with van der Waals surface area (Å²) >= 11 is 0. The van der Waals surface area contributed by atoms with Gasteiger partial charge in [-0.1, -0.05) is 0 Å². The molecule has 0 radical (unpaired) electrons. The number of aromatic nitrogens is 3. The van der Waals surface area contributed by atoms with Crippen molar-refractivity contribution < 1.29 is 19.0 Å². The number of fused-ring (bicyclic) bond motifs is 1. The van der Waals surface area contributed by atoms with Crippen LogP contribution in [0, 0.1) is 6.92 Å². The highest BCUT2D eigenvalue weighted by molar-refractivity contribution is 5.96. The van der Waals surface area contributed by atoms with Crippen molar-refractivity contribution in [1.82, 2.24) is 19.9 Å². The number of benzene rings is 1. The number of carbonyl (C=O) groups is 1. The van der Waals surface area contributed by atoms with E-state index in [2.05, 4.69) is 9.97 Å². The van der Waals surface area contributed by atoms with Crippen molar-refractivity contribution in [2.24, 2.45) is 0 Å². The molecule has 1 unspecified atom stereocenters. The van der Waals surface area contributed by atoms with Crippen LogP contribution in [0.15, 0.2) is 30.5 Å². The van der Waals surface area contributed by atoms with E-state index in [0.29, 0.717) is 47.4 Å². The van der Waals surface area contributed by atoms with Crippen molar-refractivity contribution in [2.75, 3.05) is 34.4 Å². The summed E-state index contributed by atoms with van der Waals surface area (Å²) in [4.78, 5) is 28.8. The number of carbonyl (C=O) groups excluding carboxylic acids is 1. The van der Waals surface area contributed by atoms with E-state index in [9.17, 15) is 4.79 Å². The number of hydrogen-bond acceptors (Lipinski definition) is 7. The molecule has 0 N–H and O–H groups in total. The summed E-state index contributed by atoms with van der Waals surface area (Å²) in [5, 5.41) is 0.945. The Morgan fingerprint density at radius 1 is 1.10 bits per heavy atom. The third-order valence-corrected chi connectivity index (χ3v) is 5.62. The minimum Gasteiger partial charge on any atom is -0.493 e. The minimum atomic E-state index is -0.0721. The molecule has 3 heterocycles. The zero-order chi connectivity index (χ0) is 22.0. The van der Waals surface area contributed by atoms with E-state index in [-0.39, 0.29) is 11.8 Å². The number of hydrogen-bond donors (Lipinski definition) is 0. The fourth-order valence-electron chi connectivity index (χ4n) is 4.18. The Kier molecular flexibility index (Phi) is 5.88. The molecule has 8 nitrogen and oxygen atoms in total. The van der Waals surface area contributed by atoms with Crippen molar-refractivity contribution >= 4 is 16.9 Å².